The molecule has 3 aliphatic heterocycles. The number of nitriles is 1. The Kier molecular flexibility index (Phi) is 14.4. The molecular formula is C35H51N9O13. The summed E-state index contributed by atoms with van der Waals surface area (Å²) in [5, 5.41) is 56.1. The van der Waals surface area contributed by atoms with Crippen molar-refractivity contribution in [3.63, 3.8) is 0 Å². The van der Waals surface area contributed by atoms with Gasteiger partial charge in [0, 0.05) is 54.0 Å². The standard InChI is InChI=1S/C35H51N9O13/c1-7-44(40-35(52)43-13-10-19-30(37-16-38-31(19)43)41(4)20-14-42(12-9-17(20)2)22(47)8-11-36)32(51)29-28(53-5)25(49)26(50)34(57-29)56-27-23(39-18(3)46)33(54-6)55-21(15-45)24(27)48/h10,13,16-17,20-21,23-29,33-34,45,48-50H,7-9,12,14-15H2,1-6H3,(H,39,46)(H,40,52)/t17-,20+,21?,23?,24-,25?,26?,27?,28+,29?,33-,34-/m1/s1. The molecule has 6 N–H and O–H groups in total. The van der Waals surface area contributed by atoms with E-state index in [1.165, 1.54) is 38.2 Å². The normalized spacial score (nSPS) is 31.6. The van der Waals surface area contributed by atoms with Crippen LogP contribution in [0, 0.1) is 17.2 Å². The molecule has 22 nitrogen and oxygen atoms in total. The zero-order valence-electron chi connectivity index (χ0n) is 32.5. The third-order valence-corrected chi connectivity index (χ3v) is 10.6. The van der Waals surface area contributed by atoms with Crippen LogP contribution in [-0.4, -0.2) is 184 Å². The highest BCUT2D eigenvalue weighted by Gasteiger charge is 2.54. The fourth-order valence-corrected chi connectivity index (χ4v) is 7.50. The van der Waals surface area contributed by atoms with Gasteiger partial charge < -0.3 is 59.2 Å². The van der Waals surface area contributed by atoms with Crippen molar-refractivity contribution in [3.8, 4) is 6.07 Å². The van der Waals surface area contributed by atoms with Crippen molar-refractivity contribution in [2.75, 3.05) is 52.4 Å². The second-order valence-electron chi connectivity index (χ2n) is 14.1. The summed E-state index contributed by atoms with van der Waals surface area (Å²) in [6.07, 6.45) is -10.9. The van der Waals surface area contributed by atoms with E-state index in [2.05, 4.69) is 27.6 Å². The molecule has 2 aromatic heterocycles. The SMILES string of the molecule is CCN(NC(=O)n1ccc2c(N(C)[C@H]3CN(C(=O)CC#N)CC[C@H]3C)ncnc21)C(=O)C1O[C@@H](OC2C(NC(C)=O)[C@H](OC)OC(CO)[C@H]2O)C(O)C(O)[C@@H]1OC. The number of hydrazine groups is 1. The van der Waals surface area contributed by atoms with Gasteiger partial charge in [0.1, 0.15) is 61.2 Å². The first-order chi connectivity index (χ1) is 27.2. The van der Waals surface area contributed by atoms with E-state index in [-0.39, 0.29) is 36.5 Å². The van der Waals surface area contributed by atoms with Gasteiger partial charge in [-0.05, 0) is 25.3 Å². The minimum absolute atomic E-state index is 0.106. The van der Waals surface area contributed by atoms with Crippen LogP contribution >= 0.6 is 0 Å². The summed E-state index contributed by atoms with van der Waals surface area (Å²) < 4.78 is 29.3. The molecule has 5 rings (SSSR count). The van der Waals surface area contributed by atoms with Crippen molar-refractivity contribution in [1.82, 2.24) is 35.2 Å². The summed E-state index contributed by atoms with van der Waals surface area (Å²) in [6.45, 7) is 4.97. The molecule has 0 saturated carbocycles. The van der Waals surface area contributed by atoms with Crippen LogP contribution in [0.5, 0.6) is 0 Å². The summed E-state index contributed by atoms with van der Waals surface area (Å²) in [6, 6.07) is 1.40. The number of hydrogen-bond donors (Lipinski definition) is 6. The molecule has 0 bridgehead atoms. The van der Waals surface area contributed by atoms with Crippen LogP contribution in [0.2, 0.25) is 0 Å². The Balaban J connectivity index is 1.35. The second kappa shape index (κ2) is 18.8. The first-order valence-electron chi connectivity index (χ1n) is 18.5. The van der Waals surface area contributed by atoms with Crippen molar-refractivity contribution in [1.29, 1.82) is 5.26 Å². The van der Waals surface area contributed by atoms with Gasteiger partial charge in [-0.1, -0.05) is 6.92 Å². The third kappa shape index (κ3) is 8.96. The zero-order chi connectivity index (χ0) is 41.7. The van der Waals surface area contributed by atoms with E-state index in [4.69, 9.17) is 28.9 Å². The zero-order valence-corrected chi connectivity index (χ0v) is 32.5. The van der Waals surface area contributed by atoms with E-state index in [0.29, 0.717) is 24.3 Å². The number of rotatable bonds is 11. The van der Waals surface area contributed by atoms with Gasteiger partial charge in [-0.25, -0.2) is 20.2 Å². The van der Waals surface area contributed by atoms with Gasteiger partial charge >= 0.3 is 6.03 Å². The lowest BCUT2D eigenvalue weighted by Gasteiger charge is -2.47. The molecule has 2 aromatic rings. The van der Waals surface area contributed by atoms with Gasteiger partial charge in [-0.15, -0.1) is 0 Å². The maximum absolute atomic E-state index is 14.1. The molecule has 0 aliphatic carbocycles. The number of aliphatic hydroxyl groups excluding tert-OH is 4. The van der Waals surface area contributed by atoms with Crippen molar-refractivity contribution < 1.29 is 63.3 Å². The molecule has 22 heteroatoms. The number of likely N-dealkylation sites (N-methyl/N-ethyl adjacent to an activating group) is 2. The number of nitrogens with one attached hydrogen (secondary N) is 2. The molecule has 3 fully saturated rings. The summed E-state index contributed by atoms with van der Waals surface area (Å²) in [5.41, 5.74) is 2.74. The van der Waals surface area contributed by atoms with Gasteiger partial charge in [-0.2, -0.15) is 5.26 Å². The number of amides is 4. The third-order valence-electron chi connectivity index (χ3n) is 10.6. The van der Waals surface area contributed by atoms with Crippen LogP contribution in [0.1, 0.15) is 33.6 Å². The molecule has 314 valence electrons. The van der Waals surface area contributed by atoms with Gasteiger partial charge in [0.05, 0.1) is 24.1 Å². The largest absolute Gasteiger partial charge is 0.394 e. The van der Waals surface area contributed by atoms with Gasteiger partial charge in [0.2, 0.25) is 11.8 Å². The smallest absolute Gasteiger partial charge is 0.346 e. The summed E-state index contributed by atoms with van der Waals surface area (Å²) in [5.74, 6) is -1.04. The molecule has 6 unspecified atom stereocenters. The Labute approximate surface area is 328 Å². The predicted molar refractivity (Wildman–Crippen MR) is 194 cm³/mol. The monoisotopic (exact) mass is 805 g/mol. The quantitative estimate of drug-likeness (QED) is 0.127. The molecular weight excluding hydrogens is 754 g/mol. The van der Waals surface area contributed by atoms with E-state index in [9.17, 15) is 39.6 Å². The Morgan fingerprint density at radius 2 is 1.81 bits per heavy atom. The average Bonchev–Trinajstić information content (AvgIpc) is 3.64. The number of piperidine rings is 1. The van der Waals surface area contributed by atoms with Gasteiger partial charge in [0.25, 0.3) is 5.91 Å². The minimum atomic E-state index is -1.85. The van der Waals surface area contributed by atoms with Crippen molar-refractivity contribution in [2.45, 2.75) is 101 Å². The summed E-state index contributed by atoms with van der Waals surface area (Å²) in [4.78, 5) is 64.9. The van der Waals surface area contributed by atoms with Crippen molar-refractivity contribution >= 4 is 40.6 Å². The second-order valence-corrected chi connectivity index (χ2v) is 14.1. The van der Waals surface area contributed by atoms with Crippen LogP contribution in [-0.2, 0) is 38.1 Å². The Morgan fingerprint density at radius 1 is 1.07 bits per heavy atom. The lowest BCUT2D eigenvalue weighted by Crippen LogP contribution is -2.69. The average molecular weight is 806 g/mol. The van der Waals surface area contributed by atoms with Crippen LogP contribution in [0.25, 0.3) is 11.0 Å². The number of nitrogens with zero attached hydrogens (tertiary/aromatic N) is 7. The number of aromatic nitrogens is 3. The predicted octanol–water partition coefficient (Wildman–Crippen LogP) is -2.58. The summed E-state index contributed by atoms with van der Waals surface area (Å²) >= 11 is 0. The minimum Gasteiger partial charge on any atom is -0.394 e. The van der Waals surface area contributed by atoms with E-state index >= 15 is 0 Å². The number of anilines is 1. The fourth-order valence-electron chi connectivity index (χ4n) is 7.50. The van der Waals surface area contributed by atoms with Crippen LogP contribution < -0.4 is 15.6 Å². The highest BCUT2D eigenvalue weighted by Crippen LogP contribution is 2.32. The highest BCUT2D eigenvalue weighted by atomic mass is 16.7. The molecule has 0 radical (unpaired) electrons. The molecule has 12 atom stereocenters. The molecule has 3 aliphatic rings. The number of aliphatic hydroxyl groups is 4. The Morgan fingerprint density at radius 3 is 2.44 bits per heavy atom. The molecule has 3 saturated heterocycles. The fraction of sp³-hybridized carbons (Fsp3) is 0.686. The van der Waals surface area contributed by atoms with Gasteiger partial charge in [0.15, 0.2) is 24.3 Å². The van der Waals surface area contributed by atoms with Gasteiger partial charge in [-0.3, -0.25) is 24.0 Å². The topological polar surface area (TPSA) is 284 Å². The lowest BCUT2D eigenvalue weighted by atomic mass is 9.92. The molecule has 5 heterocycles. The highest BCUT2D eigenvalue weighted by molar-refractivity contribution is 5.95. The number of carbonyl (C=O) groups excluding carboxylic acids is 4. The molecule has 4 amide bonds. The van der Waals surface area contributed by atoms with Crippen molar-refractivity contribution in [3.05, 3.63) is 18.6 Å². The Bertz CT molecular complexity index is 1790. The lowest BCUT2D eigenvalue weighted by molar-refractivity contribution is -0.339. The Hall–Kier alpha value is -4.57. The molecule has 57 heavy (non-hydrogen) atoms. The number of hydrogen-bond acceptors (Lipinski definition) is 17. The van der Waals surface area contributed by atoms with E-state index in [0.717, 1.165) is 11.4 Å². The molecule has 0 aromatic carbocycles. The van der Waals surface area contributed by atoms with E-state index in [1.54, 1.807) is 17.9 Å². The summed E-state index contributed by atoms with van der Waals surface area (Å²) in [7, 11) is 4.28. The van der Waals surface area contributed by atoms with Crippen molar-refractivity contribution in [2.24, 2.45) is 5.92 Å². The number of likely N-dealkylation sites (tertiary alicyclic amines) is 1. The number of methoxy groups -OCH3 is 2. The maximum Gasteiger partial charge on any atom is 0.346 e. The number of ether oxygens (including phenoxy) is 5. The first kappa shape index (κ1) is 43.6. The van der Waals surface area contributed by atoms with E-state index < -0.39 is 85.8 Å². The van der Waals surface area contributed by atoms with Crippen LogP contribution in [0.4, 0.5) is 10.6 Å². The van der Waals surface area contributed by atoms with Crippen LogP contribution in [0.3, 0.4) is 0 Å². The van der Waals surface area contributed by atoms with E-state index in [1.807, 2.05) is 18.0 Å². The first-order valence-corrected chi connectivity index (χ1v) is 18.5. The maximum atomic E-state index is 14.1. The van der Waals surface area contributed by atoms with Crippen LogP contribution in [0.15, 0.2) is 18.6 Å². The molecule has 0 spiro atoms. The number of carbonyl (C=O) groups is 4. The number of fused-ring (bicyclic) bond motifs is 1.